The van der Waals surface area contributed by atoms with Crippen molar-refractivity contribution in [2.75, 3.05) is 0 Å². The molecule has 0 spiro atoms. The van der Waals surface area contributed by atoms with Crippen molar-refractivity contribution in [3.63, 3.8) is 0 Å². The van der Waals surface area contributed by atoms with Crippen LogP contribution in [0.1, 0.15) is 22.3 Å². The standard InChI is InChI=1S/C58H38N4/c1-6-19-39(20-7-1)55-59-56(40-21-8-2-9-22-40)61-57(60-55)48-30-18-32-53-54(48)49-37-41(34-36-52(49)62(53)45-27-14-5-15-28-45)42-33-35-47-46-29-16-17-31-50(46)58(51(47)38-42,43-23-10-3-11-24-43)44-25-12-4-13-26-44/h1-38H. The average molecular weight is 791 g/mol. The molecule has 0 amide bonds. The first-order chi connectivity index (χ1) is 30.8. The van der Waals surface area contributed by atoms with Crippen LogP contribution in [-0.4, -0.2) is 19.5 Å². The molecule has 0 fully saturated rings. The van der Waals surface area contributed by atoms with Gasteiger partial charge < -0.3 is 4.57 Å². The van der Waals surface area contributed by atoms with Crippen molar-refractivity contribution in [3.8, 4) is 62.1 Å². The Morgan fingerprint density at radius 2 is 0.823 bits per heavy atom. The van der Waals surface area contributed by atoms with Crippen LogP contribution in [0.15, 0.2) is 231 Å². The molecule has 11 aromatic rings. The topological polar surface area (TPSA) is 43.6 Å². The van der Waals surface area contributed by atoms with Gasteiger partial charge in [0.15, 0.2) is 17.5 Å². The lowest BCUT2D eigenvalue weighted by Crippen LogP contribution is -2.28. The first kappa shape index (κ1) is 35.7. The molecular weight excluding hydrogens is 753 g/mol. The molecule has 12 rings (SSSR count). The van der Waals surface area contributed by atoms with Crippen LogP contribution in [0.2, 0.25) is 0 Å². The highest BCUT2D eigenvalue weighted by Gasteiger charge is 2.46. The summed E-state index contributed by atoms with van der Waals surface area (Å²) in [6, 6.07) is 82.4. The SMILES string of the molecule is c1ccc(-c2nc(-c3ccccc3)nc(-c3cccc4c3c3cc(-c5ccc6c(c5)C(c5ccccc5)(c5ccccc5)c5ccccc5-6)ccc3n4-c3ccccc3)n2)cc1. The van der Waals surface area contributed by atoms with Gasteiger partial charge in [-0.05, 0) is 80.9 Å². The molecule has 62 heavy (non-hydrogen) atoms. The van der Waals surface area contributed by atoms with Crippen molar-refractivity contribution in [2.24, 2.45) is 0 Å². The number of fused-ring (bicyclic) bond motifs is 6. The smallest absolute Gasteiger partial charge is 0.164 e. The monoisotopic (exact) mass is 790 g/mol. The summed E-state index contributed by atoms with van der Waals surface area (Å²) >= 11 is 0. The fraction of sp³-hybridized carbons (Fsp3) is 0.0172. The predicted octanol–water partition coefficient (Wildman–Crippen LogP) is 14.0. The summed E-state index contributed by atoms with van der Waals surface area (Å²) in [5, 5.41) is 2.22. The Bertz CT molecular complexity index is 3340. The summed E-state index contributed by atoms with van der Waals surface area (Å²) in [6.45, 7) is 0. The zero-order valence-electron chi connectivity index (χ0n) is 33.7. The van der Waals surface area contributed by atoms with Gasteiger partial charge in [-0.1, -0.05) is 194 Å². The summed E-state index contributed by atoms with van der Waals surface area (Å²) < 4.78 is 2.37. The molecule has 1 aliphatic rings. The largest absolute Gasteiger partial charge is 0.309 e. The molecule has 0 radical (unpaired) electrons. The minimum absolute atomic E-state index is 0.489. The second-order valence-corrected chi connectivity index (χ2v) is 15.9. The van der Waals surface area contributed by atoms with Crippen molar-refractivity contribution in [1.29, 1.82) is 0 Å². The van der Waals surface area contributed by atoms with E-state index in [1.807, 2.05) is 36.4 Å². The summed E-state index contributed by atoms with van der Waals surface area (Å²) in [7, 11) is 0. The maximum absolute atomic E-state index is 5.22. The summed E-state index contributed by atoms with van der Waals surface area (Å²) in [5.41, 5.74) is 15.6. The van der Waals surface area contributed by atoms with Gasteiger partial charge in [0, 0.05) is 33.2 Å². The first-order valence-electron chi connectivity index (χ1n) is 21.1. The summed E-state index contributed by atoms with van der Waals surface area (Å²) in [4.78, 5) is 15.5. The van der Waals surface area contributed by atoms with Crippen LogP contribution in [0, 0.1) is 0 Å². The highest BCUT2D eigenvalue weighted by Crippen LogP contribution is 2.56. The van der Waals surface area contributed by atoms with Crippen molar-refractivity contribution < 1.29 is 0 Å². The Balaban J connectivity index is 1.12. The van der Waals surface area contributed by atoms with Crippen molar-refractivity contribution in [3.05, 3.63) is 253 Å². The number of aromatic nitrogens is 4. The highest BCUT2D eigenvalue weighted by atomic mass is 15.0. The minimum atomic E-state index is -0.489. The van der Waals surface area contributed by atoms with Gasteiger partial charge in [-0.25, -0.2) is 15.0 Å². The molecule has 0 saturated carbocycles. The molecule has 0 atom stereocenters. The van der Waals surface area contributed by atoms with E-state index in [-0.39, 0.29) is 0 Å². The fourth-order valence-electron chi connectivity index (χ4n) is 9.84. The fourth-order valence-corrected chi connectivity index (χ4v) is 9.84. The van der Waals surface area contributed by atoms with E-state index in [1.165, 1.54) is 33.4 Å². The molecule has 4 nitrogen and oxygen atoms in total. The molecule has 0 unspecified atom stereocenters. The predicted molar refractivity (Wildman–Crippen MR) is 253 cm³/mol. The van der Waals surface area contributed by atoms with E-state index in [0.29, 0.717) is 17.5 Å². The third kappa shape index (κ3) is 5.58. The molecule has 0 N–H and O–H groups in total. The van der Waals surface area contributed by atoms with E-state index in [9.17, 15) is 0 Å². The second-order valence-electron chi connectivity index (χ2n) is 15.9. The molecule has 0 aliphatic heterocycles. The Morgan fingerprint density at radius 3 is 1.47 bits per heavy atom. The normalized spacial score (nSPS) is 12.6. The van der Waals surface area contributed by atoms with Gasteiger partial charge in [0.05, 0.1) is 16.4 Å². The molecule has 290 valence electrons. The van der Waals surface area contributed by atoms with E-state index < -0.39 is 5.41 Å². The van der Waals surface area contributed by atoms with Crippen LogP contribution in [0.5, 0.6) is 0 Å². The zero-order valence-corrected chi connectivity index (χ0v) is 33.7. The number of nitrogens with zero attached hydrogens (tertiary/aromatic N) is 4. The van der Waals surface area contributed by atoms with Crippen molar-refractivity contribution in [2.45, 2.75) is 5.41 Å². The first-order valence-corrected chi connectivity index (χ1v) is 21.1. The lowest BCUT2D eigenvalue weighted by atomic mass is 9.67. The summed E-state index contributed by atoms with van der Waals surface area (Å²) in [6.07, 6.45) is 0. The van der Waals surface area contributed by atoms with Gasteiger partial charge >= 0.3 is 0 Å². The summed E-state index contributed by atoms with van der Waals surface area (Å²) in [5.74, 6) is 1.91. The minimum Gasteiger partial charge on any atom is -0.309 e. The van der Waals surface area contributed by atoms with Gasteiger partial charge in [-0.3, -0.25) is 0 Å². The van der Waals surface area contributed by atoms with Gasteiger partial charge in [0.25, 0.3) is 0 Å². The molecule has 2 heterocycles. The quantitative estimate of drug-likeness (QED) is 0.161. The molecule has 9 aromatic carbocycles. The molecule has 4 heteroatoms. The Hall–Kier alpha value is -8.21. The Morgan fingerprint density at radius 1 is 0.323 bits per heavy atom. The van der Waals surface area contributed by atoms with E-state index >= 15 is 0 Å². The van der Waals surface area contributed by atoms with Crippen molar-refractivity contribution in [1.82, 2.24) is 19.5 Å². The lowest BCUT2D eigenvalue weighted by Gasteiger charge is -2.34. The van der Waals surface area contributed by atoms with Crippen LogP contribution in [0.25, 0.3) is 83.9 Å². The Kier molecular flexibility index (Phi) is 8.36. The number of para-hydroxylation sites is 1. The molecule has 1 aliphatic carbocycles. The molecule has 2 aromatic heterocycles. The lowest BCUT2D eigenvalue weighted by molar-refractivity contribution is 0.769. The van der Waals surface area contributed by atoms with Gasteiger partial charge in [-0.2, -0.15) is 0 Å². The van der Waals surface area contributed by atoms with E-state index in [4.69, 9.17) is 15.0 Å². The van der Waals surface area contributed by atoms with Crippen molar-refractivity contribution >= 4 is 21.8 Å². The highest BCUT2D eigenvalue weighted by molar-refractivity contribution is 6.16. The third-order valence-corrected chi connectivity index (χ3v) is 12.5. The number of rotatable bonds is 7. The number of hydrogen-bond donors (Lipinski definition) is 0. The molecular formula is C58H38N4. The second kappa shape index (κ2) is 14.5. The van der Waals surface area contributed by atoms with Gasteiger partial charge in [-0.15, -0.1) is 0 Å². The Labute approximate surface area is 360 Å². The van der Waals surface area contributed by atoms with E-state index in [2.05, 4.69) is 199 Å². The maximum atomic E-state index is 5.22. The van der Waals surface area contributed by atoms with E-state index in [0.717, 1.165) is 55.3 Å². The maximum Gasteiger partial charge on any atom is 0.164 e. The van der Waals surface area contributed by atoms with Crippen LogP contribution in [-0.2, 0) is 5.41 Å². The van der Waals surface area contributed by atoms with Crippen LogP contribution in [0.4, 0.5) is 0 Å². The average Bonchev–Trinajstić information content (AvgIpc) is 3.85. The van der Waals surface area contributed by atoms with E-state index in [1.54, 1.807) is 0 Å². The van der Waals surface area contributed by atoms with Gasteiger partial charge in [0.2, 0.25) is 0 Å². The van der Waals surface area contributed by atoms with Crippen LogP contribution < -0.4 is 0 Å². The third-order valence-electron chi connectivity index (χ3n) is 12.5. The van der Waals surface area contributed by atoms with Crippen LogP contribution in [0.3, 0.4) is 0 Å². The molecule has 0 saturated heterocycles. The number of hydrogen-bond acceptors (Lipinski definition) is 3. The van der Waals surface area contributed by atoms with Crippen LogP contribution >= 0.6 is 0 Å². The zero-order chi connectivity index (χ0) is 41.0. The number of benzene rings is 9. The molecule has 0 bridgehead atoms. The van der Waals surface area contributed by atoms with Gasteiger partial charge in [0.1, 0.15) is 0 Å².